The topological polar surface area (TPSA) is 52.9 Å². The van der Waals surface area contributed by atoms with Crippen LogP contribution in [0.25, 0.3) is 0 Å². The second-order valence-corrected chi connectivity index (χ2v) is 5.46. The molecule has 2 unspecified atom stereocenters. The molecule has 118 valence electrons. The van der Waals surface area contributed by atoms with Crippen LogP contribution in [0.2, 0.25) is 0 Å². The Bertz CT molecular complexity index is 491. The highest BCUT2D eigenvalue weighted by Crippen LogP contribution is 2.32. The van der Waals surface area contributed by atoms with Gasteiger partial charge in [0.2, 0.25) is 0 Å². The van der Waals surface area contributed by atoms with Crippen LogP contribution in [0.5, 0.6) is 5.75 Å². The molecule has 1 aliphatic heterocycles. The van der Waals surface area contributed by atoms with Gasteiger partial charge >= 0.3 is 6.18 Å². The maximum absolute atomic E-state index is 12.7. The molecular weight excluding hydrogens is 287 g/mol. The second kappa shape index (κ2) is 5.82. The van der Waals surface area contributed by atoms with E-state index in [1.54, 1.807) is 12.1 Å². The van der Waals surface area contributed by atoms with Crippen LogP contribution in [0.1, 0.15) is 18.6 Å². The summed E-state index contributed by atoms with van der Waals surface area (Å²) in [5.41, 5.74) is -2.06. The molecule has 0 aromatic heterocycles. The molecule has 0 aliphatic carbocycles. The van der Waals surface area contributed by atoms with E-state index in [2.05, 4.69) is 0 Å². The van der Waals surface area contributed by atoms with Gasteiger partial charge in [0.05, 0.1) is 12.7 Å². The molecular formula is C14H18F3NO3. The van der Waals surface area contributed by atoms with Crippen molar-refractivity contribution in [3.05, 3.63) is 29.8 Å². The van der Waals surface area contributed by atoms with E-state index in [9.17, 15) is 23.4 Å². The molecule has 0 spiro atoms. The molecule has 1 heterocycles. The zero-order valence-corrected chi connectivity index (χ0v) is 11.6. The molecule has 0 saturated carbocycles. The van der Waals surface area contributed by atoms with E-state index >= 15 is 0 Å². The van der Waals surface area contributed by atoms with Crippen molar-refractivity contribution >= 4 is 0 Å². The second-order valence-electron chi connectivity index (χ2n) is 5.46. The summed E-state index contributed by atoms with van der Waals surface area (Å²) in [6.45, 7) is 1.09. The maximum atomic E-state index is 12.7. The average Bonchev–Trinajstić information content (AvgIpc) is 2.37. The van der Waals surface area contributed by atoms with E-state index in [1.807, 2.05) is 0 Å². The number of hydrogen-bond acceptors (Lipinski definition) is 4. The number of benzene rings is 1. The molecule has 0 radical (unpaired) electrons. The van der Waals surface area contributed by atoms with Gasteiger partial charge in [-0.05, 0) is 24.6 Å². The molecule has 4 nitrogen and oxygen atoms in total. The summed E-state index contributed by atoms with van der Waals surface area (Å²) in [5, 5.41) is 19.0. The van der Waals surface area contributed by atoms with Crippen molar-refractivity contribution in [1.29, 1.82) is 0 Å². The van der Waals surface area contributed by atoms with Gasteiger partial charge in [-0.3, -0.25) is 4.90 Å². The van der Waals surface area contributed by atoms with Crippen LogP contribution in [0.4, 0.5) is 13.2 Å². The Labute approximate surface area is 120 Å². The van der Waals surface area contributed by atoms with Crippen LogP contribution >= 0.6 is 0 Å². The number of nitrogens with zero attached hydrogens (tertiary/aromatic N) is 1. The predicted molar refractivity (Wildman–Crippen MR) is 69.9 cm³/mol. The quantitative estimate of drug-likeness (QED) is 0.898. The number of morpholine rings is 1. The molecule has 7 heteroatoms. The summed E-state index contributed by atoms with van der Waals surface area (Å²) in [6, 6.07) is 6.43. The van der Waals surface area contributed by atoms with Crippen molar-refractivity contribution in [3.63, 3.8) is 0 Å². The minimum absolute atomic E-state index is 0.0792. The van der Waals surface area contributed by atoms with Crippen molar-refractivity contribution in [2.24, 2.45) is 0 Å². The largest absolute Gasteiger partial charge is 0.508 e. The smallest absolute Gasteiger partial charge is 0.418 e. The SMILES string of the molecule is CC(O)(CN1CCOC(c2cccc(O)c2)C1)C(F)(F)F. The zero-order valence-electron chi connectivity index (χ0n) is 11.6. The van der Waals surface area contributed by atoms with E-state index in [0.29, 0.717) is 12.1 Å². The highest BCUT2D eigenvalue weighted by atomic mass is 19.4. The summed E-state index contributed by atoms with van der Waals surface area (Å²) in [6.07, 6.45) is -5.10. The Morgan fingerprint density at radius 1 is 1.38 bits per heavy atom. The molecule has 0 amide bonds. The van der Waals surface area contributed by atoms with Crippen LogP contribution in [-0.2, 0) is 4.74 Å². The third-order valence-corrected chi connectivity index (χ3v) is 3.53. The number of alkyl halides is 3. The highest BCUT2D eigenvalue weighted by Gasteiger charge is 2.50. The van der Waals surface area contributed by atoms with Gasteiger partial charge in [-0.15, -0.1) is 0 Å². The first-order valence-corrected chi connectivity index (χ1v) is 6.61. The molecule has 21 heavy (non-hydrogen) atoms. The number of hydrogen-bond donors (Lipinski definition) is 2. The van der Waals surface area contributed by atoms with Crippen LogP contribution < -0.4 is 0 Å². The number of aliphatic hydroxyl groups is 1. The van der Waals surface area contributed by atoms with Gasteiger partial charge in [-0.1, -0.05) is 12.1 Å². The Morgan fingerprint density at radius 3 is 2.71 bits per heavy atom. The third kappa shape index (κ3) is 3.87. The standard InChI is InChI=1S/C14H18F3NO3/c1-13(20,14(15,16)17)9-18-5-6-21-12(8-18)10-3-2-4-11(19)7-10/h2-4,7,12,19-20H,5-6,8-9H2,1H3. The lowest BCUT2D eigenvalue weighted by atomic mass is 10.0. The number of ether oxygens (including phenoxy) is 1. The van der Waals surface area contributed by atoms with Gasteiger partial charge in [0.1, 0.15) is 5.75 Å². The van der Waals surface area contributed by atoms with Gasteiger partial charge in [0, 0.05) is 19.6 Å². The molecule has 1 aromatic carbocycles. The number of phenols is 1. The summed E-state index contributed by atoms with van der Waals surface area (Å²) < 4.78 is 43.7. The Morgan fingerprint density at radius 2 is 2.10 bits per heavy atom. The first-order valence-electron chi connectivity index (χ1n) is 6.61. The number of rotatable bonds is 3. The first kappa shape index (κ1) is 16.1. The normalized spacial score (nSPS) is 23.8. The van der Waals surface area contributed by atoms with Gasteiger partial charge in [-0.2, -0.15) is 13.2 Å². The first-order chi connectivity index (χ1) is 9.69. The van der Waals surface area contributed by atoms with Crippen LogP contribution in [0.15, 0.2) is 24.3 Å². The van der Waals surface area contributed by atoms with Gasteiger partial charge in [-0.25, -0.2) is 0 Å². The van der Waals surface area contributed by atoms with Gasteiger partial charge < -0.3 is 14.9 Å². The van der Waals surface area contributed by atoms with Crippen molar-refractivity contribution in [3.8, 4) is 5.75 Å². The van der Waals surface area contributed by atoms with Crippen molar-refractivity contribution < 1.29 is 28.1 Å². The van der Waals surface area contributed by atoms with E-state index in [4.69, 9.17) is 4.74 Å². The van der Waals surface area contributed by atoms with E-state index in [1.165, 1.54) is 17.0 Å². The van der Waals surface area contributed by atoms with Crippen LogP contribution in [0, 0.1) is 0 Å². The van der Waals surface area contributed by atoms with Crippen molar-refractivity contribution in [1.82, 2.24) is 4.90 Å². The Balaban J connectivity index is 2.05. The number of halogens is 3. The lowest BCUT2D eigenvalue weighted by Crippen LogP contribution is -2.53. The minimum atomic E-state index is -4.67. The monoisotopic (exact) mass is 305 g/mol. The fourth-order valence-corrected chi connectivity index (χ4v) is 2.30. The summed E-state index contributed by atoms with van der Waals surface area (Å²) in [4.78, 5) is 1.52. The Hall–Kier alpha value is -1.31. The van der Waals surface area contributed by atoms with Crippen LogP contribution in [0.3, 0.4) is 0 Å². The molecule has 1 fully saturated rings. The average molecular weight is 305 g/mol. The summed E-state index contributed by atoms with van der Waals surface area (Å²) in [7, 11) is 0. The zero-order chi connectivity index (χ0) is 15.7. The minimum Gasteiger partial charge on any atom is -0.508 e. The van der Waals surface area contributed by atoms with E-state index in [0.717, 1.165) is 6.92 Å². The highest BCUT2D eigenvalue weighted by molar-refractivity contribution is 5.29. The third-order valence-electron chi connectivity index (χ3n) is 3.53. The van der Waals surface area contributed by atoms with E-state index in [-0.39, 0.29) is 18.9 Å². The van der Waals surface area contributed by atoms with Gasteiger partial charge in [0.15, 0.2) is 5.60 Å². The molecule has 1 aliphatic rings. The van der Waals surface area contributed by atoms with E-state index < -0.39 is 24.4 Å². The molecule has 2 N–H and O–H groups in total. The molecule has 2 rings (SSSR count). The number of β-amino-alcohol motifs (C(OH)–C–C–N with tert-alkyl or cyclic N) is 1. The molecule has 1 aromatic rings. The molecule has 1 saturated heterocycles. The fourth-order valence-electron chi connectivity index (χ4n) is 2.30. The molecule has 2 atom stereocenters. The van der Waals surface area contributed by atoms with Gasteiger partial charge in [0.25, 0.3) is 0 Å². The summed E-state index contributed by atoms with van der Waals surface area (Å²) >= 11 is 0. The predicted octanol–water partition coefficient (Wildman–Crippen LogP) is 2.08. The number of phenolic OH excluding ortho intramolecular Hbond substituents is 1. The number of aromatic hydroxyl groups is 1. The summed E-state index contributed by atoms with van der Waals surface area (Å²) in [5.74, 6) is 0.0792. The fraction of sp³-hybridized carbons (Fsp3) is 0.571. The maximum Gasteiger partial charge on any atom is 0.418 e. The Kier molecular flexibility index (Phi) is 4.46. The molecule has 0 bridgehead atoms. The lowest BCUT2D eigenvalue weighted by molar-refractivity contribution is -0.260. The van der Waals surface area contributed by atoms with Crippen molar-refractivity contribution in [2.45, 2.75) is 24.8 Å². The lowest BCUT2D eigenvalue weighted by Gasteiger charge is -2.38. The van der Waals surface area contributed by atoms with Crippen molar-refractivity contribution in [2.75, 3.05) is 26.2 Å². The van der Waals surface area contributed by atoms with Crippen LogP contribution in [-0.4, -0.2) is 53.1 Å².